The Balaban J connectivity index is 1.64. The van der Waals surface area contributed by atoms with E-state index in [1.54, 1.807) is 6.20 Å². The van der Waals surface area contributed by atoms with E-state index in [-0.39, 0.29) is 11.9 Å². The van der Waals surface area contributed by atoms with Crippen LogP contribution in [0.1, 0.15) is 36.7 Å². The molecule has 1 aliphatic rings. The highest BCUT2D eigenvalue weighted by Gasteiger charge is 2.30. The number of imidazole rings is 1. The summed E-state index contributed by atoms with van der Waals surface area (Å²) < 4.78 is 2.00. The molecule has 1 aromatic carbocycles. The highest BCUT2D eigenvalue weighted by Crippen LogP contribution is 2.35. The summed E-state index contributed by atoms with van der Waals surface area (Å²) >= 11 is 0. The molecule has 0 spiro atoms. The van der Waals surface area contributed by atoms with Gasteiger partial charge in [-0.2, -0.15) is 0 Å². The molecule has 1 unspecified atom stereocenters. The fraction of sp³-hybridized carbons (Fsp3) is 0.474. The van der Waals surface area contributed by atoms with Crippen LogP contribution in [0.15, 0.2) is 42.7 Å². The molecular weight excluding hydrogens is 300 g/mol. The zero-order valence-electron chi connectivity index (χ0n) is 14.2. The number of amides is 1. The van der Waals surface area contributed by atoms with E-state index < -0.39 is 0 Å². The first-order chi connectivity index (χ1) is 11.7. The Labute approximate surface area is 143 Å². The maximum Gasteiger partial charge on any atom is 0.220 e. The summed E-state index contributed by atoms with van der Waals surface area (Å²) in [6.07, 6.45) is 7.18. The summed E-state index contributed by atoms with van der Waals surface area (Å²) in [5, 5.41) is 3.21. The maximum atomic E-state index is 12.5. The van der Waals surface area contributed by atoms with Crippen LogP contribution in [0.3, 0.4) is 0 Å². The van der Waals surface area contributed by atoms with Crippen molar-refractivity contribution in [1.29, 1.82) is 0 Å². The molecule has 3 rings (SSSR count). The number of hydrogen-bond donors (Lipinski definition) is 2. The monoisotopic (exact) mass is 326 g/mol. The minimum Gasteiger partial charge on any atom is -0.349 e. The first kappa shape index (κ1) is 16.7. The highest BCUT2D eigenvalue weighted by molar-refractivity contribution is 5.76. The van der Waals surface area contributed by atoms with E-state index in [4.69, 9.17) is 5.73 Å². The second-order valence-electron chi connectivity index (χ2n) is 6.83. The van der Waals surface area contributed by atoms with Gasteiger partial charge in [-0.1, -0.05) is 30.3 Å². The second-order valence-corrected chi connectivity index (χ2v) is 6.83. The van der Waals surface area contributed by atoms with Gasteiger partial charge in [0.15, 0.2) is 0 Å². The third-order valence-electron chi connectivity index (χ3n) is 4.99. The van der Waals surface area contributed by atoms with Gasteiger partial charge in [0.25, 0.3) is 0 Å². The smallest absolute Gasteiger partial charge is 0.220 e. The van der Waals surface area contributed by atoms with E-state index in [1.165, 1.54) is 0 Å². The van der Waals surface area contributed by atoms with Gasteiger partial charge in [0.1, 0.15) is 5.82 Å². The predicted molar refractivity (Wildman–Crippen MR) is 94.1 cm³/mol. The summed E-state index contributed by atoms with van der Waals surface area (Å²) in [7, 11) is 1.98. The largest absolute Gasteiger partial charge is 0.349 e. The second kappa shape index (κ2) is 7.62. The molecule has 0 radical (unpaired) electrons. The topological polar surface area (TPSA) is 72.9 Å². The van der Waals surface area contributed by atoms with Gasteiger partial charge in [0.05, 0.1) is 6.04 Å². The summed E-state index contributed by atoms with van der Waals surface area (Å²) in [6, 6.07) is 10.1. The molecule has 128 valence electrons. The number of rotatable bonds is 7. The van der Waals surface area contributed by atoms with E-state index in [2.05, 4.69) is 22.4 Å². The molecule has 5 nitrogen and oxygen atoms in total. The van der Waals surface area contributed by atoms with Gasteiger partial charge in [0, 0.05) is 32.3 Å². The number of aromatic nitrogens is 2. The fourth-order valence-corrected chi connectivity index (χ4v) is 3.46. The summed E-state index contributed by atoms with van der Waals surface area (Å²) in [6.45, 7) is 0.740. The van der Waals surface area contributed by atoms with Crippen molar-refractivity contribution in [3.8, 4) is 0 Å². The van der Waals surface area contributed by atoms with Crippen LogP contribution in [0.4, 0.5) is 0 Å². The molecule has 1 atom stereocenters. The molecule has 1 fully saturated rings. The quantitative estimate of drug-likeness (QED) is 0.819. The van der Waals surface area contributed by atoms with E-state index in [0.717, 1.165) is 30.8 Å². The number of carbonyl (C=O) groups excluding carboxylic acids is 1. The average Bonchev–Trinajstić information content (AvgIpc) is 2.95. The maximum absolute atomic E-state index is 12.5. The van der Waals surface area contributed by atoms with Crippen LogP contribution in [0.2, 0.25) is 0 Å². The van der Waals surface area contributed by atoms with Crippen molar-refractivity contribution in [3.63, 3.8) is 0 Å². The Morgan fingerprint density at radius 2 is 2.08 bits per heavy atom. The molecule has 0 saturated heterocycles. The lowest BCUT2D eigenvalue weighted by Crippen LogP contribution is -2.36. The van der Waals surface area contributed by atoms with Crippen LogP contribution in [0.25, 0.3) is 0 Å². The zero-order chi connectivity index (χ0) is 16.9. The Hall–Kier alpha value is -2.14. The van der Waals surface area contributed by atoms with Gasteiger partial charge in [-0.05, 0) is 36.8 Å². The lowest BCUT2D eigenvalue weighted by molar-refractivity contribution is -0.123. The Morgan fingerprint density at radius 1 is 1.33 bits per heavy atom. The Bertz CT molecular complexity index is 661. The van der Waals surface area contributed by atoms with Crippen LogP contribution >= 0.6 is 0 Å². The number of benzene rings is 1. The zero-order valence-corrected chi connectivity index (χ0v) is 14.2. The normalized spacial score (nSPS) is 21.1. The Kier molecular flexibility index (Phi) is 5.30. The first-order valence-corrected chi connectivity index (χ1v) is 8.66. The number of nitrogens with two attached hydrogens (primary N) is 1. The number of carbonyl (C=O) groups is 1. The SMILES string of the molecule is Cn1ccnc1CC(NC(=O)CC1CC(CN)C1)c1ccccc1. The molecule has 2 aromatic rings. The van der Waals surface area contributed by atoms with Crippen molar-refractivity contribution in [2.45, 2.75) is 31.7 Å². The van der Waals surface area contributed by atoms with Crippen molar-refractivity contribution in [2.75, 3.05) is 6.54 Å². The van der Waals surface area contributed by atoms with Crippen LogP contribution in [-0.2, 0) is 18.3 Å². The minimum atomic E-state index is -0.0508. The van der Waals surface area contributed by atoms with E-state index in [0.29, 0.717) is 24.7 Å². The van der Waals surface area contributed by atoms with Crippen molar-refractivity contribution < 1.29 is 4.79 Å². The number of nitrogens with one attached hydrogen (secondary N) is 1. The molecule has 1 amide bonds. The van der Waals surface area contributed by atoms with Crippen molar-refractivity contribution in [3.05, 3.63) is 54.1 Å². The lowest BCUT2D eigenvalue weighted by Gasteiger charge is -2.34. The van der Waals surface area contributed by atoms with E-state index in [1.807, 2.05) is 36.0 Å². The fourth-order valence-electron chi connectivity index (χ4n) is 3.46. The molecule has 1 aliphatic carbocycles. The molecule has 0 aliphatic heterocycles. The van der Waals surface area contributed by atoms with Crippen molar-refractivity contribution in [1.82, 2.24) is 14.9 Å². The summed E-state index contributed by atoms with van der Waals surface area (Å²) in [5.74, 6) is 2.19. The number of aryl methyl sites for hydroxylation is 1. The first-order valence-electron chi connectivity index (χ1n) is 8.66. The molecule has 24 heavy (non-hydrogen) atoms. The molecule has 1 saturated carbocycles. The van der Waals surface area contributed by atoms with Gasteiger partial charge in [-0.3, -0.25) is 4.79 Å². The Morgan fingerprint density at radius 3 is 2.71 bits per heavy atom. The van der Waals surface area contributed by atoms with Gasteiger partial charge >= 0.3 is 0 Å². The third-order valence-corrected chi connectivity index (χ3v) is 4.99. The number of hydrogen-bond acceptors (Lipinski definition) is 3. The standard InChI is InChI=1S/C19H26N4O/c1-23-8-7-21-18(23)12-17(16-5-3-2-4-6-16)22-19(24)11-14-9-15(10-14)13-20/h2-8,14-15,17H,9-13,20H2,1H3,(H,22,24). The third kappa shape index (κ3) is 4.03. The summed E-state index contributed by atoms with van der Waals surface area (Å²) in [4.78, 5) is 16.9. The van der Waals surface area contributed by atoms with Crippen LogP contribution in [0.5, 0.6) is 0 Å². The predicted octanol–water partition coefficient (Wildman–Crippen LogP) is 2.20. The van der Waals surface area contributed by atoms with Crippen molar-refractivity contribution >= 4 is 5.91 Å². The average molecular weight is 326 g/mol. The van der Waals surface area contributed by atoms with Gasteiger partial charge in [-0.15, -0.1) is 0 Å². The minimum absolute atomic E-state index is 0.0508. The molecule has 0 bridgehead atoms. The molecule has 1 aromatic heterocycles. The van der Waals surface area contributed by atoms with Gasteiger partial charge in [-0.25, -0.2) is 4.98 Å². The molecule has 5 heteroatoms. The van der Waals surface area contributed by atoms with Crippen LogP contribution in [-0.4, -0.2) is 22.0 Å². The van der Waals surface area contributed by atoms with Gasteiger partial charge < -0.3 is 15.6 Å². The lowest BCUT2D eigenvalue weighted by atomic mass is 9.73. The molecular formula is C19H26N4O. The molecule has 3 N–H and O–H groups in total. The van der Waals surface area contributed by atoms with Gasteiger partial charge in [0.2, 0.25) is 5.91 Å². The van der Waals surface area contributed by atoms with Crippen molar-refractivity contribution in [2.24, 2.45) is 24.6 Å². The highest BCUT2D eigenvalue weighted by atomic mass is 16.1. The van der Waals surface area contributed by atoms with Crippen LogP contribution in [0, 0.1) is 11.8 Å². The van der Waals surface area contributed by atoms with E-state index in [9.17, 15) is 4.79 Å². The van der Waals surface area contributed by atoms with Crippen LogP contribution < -0.4 is 11.1 Å². The molecule has 1 heterocycles. The summed E-state index contributed by atoms with van der Waals surface area (Å²) in [5.41, 5.74) is 6.78. The number of nitrogens with zero attached hydrogens (tertiary/aromatic N) is 2. The van der Waals surface area contributed by atoms with E-state index >= 15 is 0 Å².